The fourth-order valence-corrected chi connectivity index (χ4v) is 4.57. The lowest BCUT2D eigenvalue weighted by Crippen LogP contribution is -2.54. The first kappa shape index (κ1) is 17.2. The third-order valence-electron chi connectivity index (χ3n) is 6.26. The third-order valence-corrected chi connectivity index (χ3v) is 6.26. The smallest absolute Gasteiger partial charge is 0.325 e. The minimum atomic E-state index is -0.784. The van der Waals surface area contributed by atoms with Gasteiger partial charge < -0.3 is 10.6 Å². The Morgan fingerprint density at radius 2 is 1.88 bits per heavy atom. The van der Waals surface area contributed by atoms with Crippen molar-refractivity contribution < 1.29 is 14.4 Å². The Morgan fingerprint density at radius 1 is 1.17 bits per heavy atom. The van der Waals surface area contributed by atoms with Crippen LogP contribution in [0.25, 0.3) is 0 Å². The van der Waals surface area contributed by atoms with Gasteiger partial charge in [0.15, 0.2) is 0 Å². The number of nitrogens with zero attached hydrogens (tertiary/aromatic N) is 1. The highest BCUT2D eigenvalue weighted by Crippen LogP contribution is 2.38. The largest absolute Gasteiger partial charge is 0.352 e. The first-order valence-corrected chi connectivity index (χ1v) is 9.37. The molecule has 2 aliphatic carbocycles. The second kappa shape index (κ2) is 6.73. The fraction of sp³-hybridized carbons (Fsp3) is 0.833. The molecule has 24 heavy (non-hydrogen) atoms. The van der Waals surface area contributed by atoms with Gasteiger partial charge in [-0.25, -0.2) is 4.79 Å². The van der Waals surface area contributed by atoms with Crippen LogP contribution in [0.15, 0.2) is 0 Å². The lowest BCUT2D eigenvalue weighted by Gasteiger charge is -2.36. The van der Waals surface area contributed by atoms with Crippen molar-refractivity contribution in [3.8, 4) is 0 Å². The molecule has 0 bridgehead atoms. The Bertz CT molecular complexity index is 536. The van der Waals surface area contributed by atoms with Crippen molar-refractivity contribution in [3.63, 3.8) is 0 Å². The summed E-state index contributed by atoms with van der Waals surface area (Å²) in [5.41, 5.74) is -0.784. The van der Waals surface area contributed by atoms with Gasteiger partial charge >= 0.3 is 6.03 Å². The summed E-state index contributed by atoms with van der Waals surface area (Å²) >= 11 is 0. The van der Waals surface area contributed by atoms with Crippen LogP contribution < -0.4 is 10.6 Å². The number of carbonyl (C=O) groups is 3. The molecule has 0 radical (unpaired) electrons. The zero-order chi connectivity index (χ0) is 17.3. The highest BCUT2D eigenvalue weighted by Gasteiger charge is 2.55. The molecule has 3 fully saturated rings. The van der Waals surface area contributed by atoms with Crippen LogP contribution in [0, 0.1) is 11.8 Å². The third kappa shape index (κ3) is 3.03. The predicted molar refractivity (Wildman–Crippen MR) is 90.2 cm³/mol. The quantitative estimate of drug-likeness (QED) is 0.776. The van der Waals surface area contributed by atoms with Gasteiger partial charge in [-0.2, -0.15) is 0 Å². The predicted octanol–water partition coefficient (Wildman–Crippen LogP) is 2.18. The SMILES string of the molecule is C[C@@H]1CCCC[C@@H]1NC(=O)CN1C(=O)N[C@@]2(CCCC[C@@H]2C)C1=O. The maximum Gasteiger partial charge on any atom is 0.325 e. The maximum absolute atomic E-state index is 12.9. The van der Waals surface area contributed by atoms with E-state index in [1.165, 1.54) is 6.42 Å². The van der Waals surface area contributed by atoms with Gasteiger partial charge in [0.1, 0.15) is 12.1 Å². The zero-order valence-corrected chi connectivity index (χ0v) is 14.8. The first-order valence-electron chi connectivity index (χ1n) is 9.37. The summed E-state index contributed by atoms with van der Waals surface area (Å²) in [7, 11) is 0. The summed E-state index contributed by atoms with van der Waals surface area (Å²) in [5, 5.41) is 5.92. The Balaban J connectivity index is 1.63. The zero-order valence-electron chi connectivity index (χ0n) is 14.8. The second-order valence-corrected chi connectivity index (χ2v) is 7.88. The van der Waals surface area contributed by atoms with E-state index in [0.717, 1.165) is 43.4 Å². The average molecular weight is 335 g/mol. The van der Waals surface area contributed by atoms with E-state index in [9.17, 15) is 14.4 Å². The van der Waals surface area contributed by atoms with E-state index in [4.69, 9.17) is 0 Å². The Morgan fingerprint density at radius 3 is 2.58 bits per heavy atom. The normalized spacial score (nSPS) is 36.8. The molecule has 2 N–H and O–H groups in total. The van der Waals surface area contributed by atoms with Gasteiger partial charge in [-0.1, -0.05) is 39.5 Å². The molecule has 0 aromatic rings. The van der Waals surface area contributed by atoms with Crippen molar-refractivity contribution in [1.82, 2.24) is 15.5 Å². The summed E-state index contributed by atoms with van der Waals surface area (Å²) in [5.74, 6) is 0.133. The monoisotopic (exact) mass is 335 g/mol. The van der Waals surface area contributed by atoms with Crippen LogP contribution in [0.3, 0.4) is 0 Å². The van der Waals surface area contributed by atoms with Crippen LogP contribution in [0.4, 0.5) is 4.79 Å². The van der Waals surface area contributed by atoms with Gasteiger partial charge in [0.2, 0.25) is 5.91 Å². The highest BCUT2D eigenvalue weighted by molar-refractivity contribution is 6.09. The van der Waals surface area contributed by atoms with Crippen LogP contribution in [0.2, 0.25) is 0 Å². The van der Waals surface area contributed by atoms with Crippen molar-refractivity contribution >= 4 is 17.8 Å². The molecule has 1 aliphatic heterocycles. The summed E-state index contributed by atoms with van der Waals surface area (Å²) < 4.78 is 0. The van der Waals surface area contributed by atoms with E-state index in [-0.39, 0.29) is 30.3 Å². The lowest BCUT2D eigenvalue weighted by atomic mass is 9.73. The van der Waals surface area contributed by atoms with E-state index in [0.29, 0.717) is 12.3 Å². The molecule has 134 valence electrons. The summed E-state index contributed by atoms with van der Waals surface area (Å²) in [6.45, 7) is 4.00. The molecular weight excluding hydrogens is 306 g/mol. The molecule has 4 atom stereocenters. The molecule has 4 amide bonds. The van der Waals surface area contributed by atoms with Crippen LogP contribution in [0.1, 0.15) is 65.2 Å². The number of carbonyl (C=O) groups excluding carboxylic acids is 3. The number of imide groups is 1. The number of hydrogen-bond donors (Lipinski definition) is 2. The van der Waals surface area contributed by atoms with Gasteiger partial charge in [-0.3, -0.25) is 14.5 Å². The van der Waals surface area contributed by atoms with E-state index < -0.39 is 11.6 Å². The second-order valence-electron chi connectivity index (χ2n) is 7.88. The topological polar surface area (TPSA) is 78.5 Å². The van der Waals surface area contributed by atoms with Crippen LogP contribution >= 0.6 is 0 Å². The minimum absolute atomic E-state index is 0.120. The van der Waals surface area contributed by atoms with Gasteiger partial charge in [0.05, 0.1) is 0 Å². The van der Waals surface area contributed by atoms with Crippen molar-refractivity contribution in [2.75, 3.05) is 6.54 Å². The van der Waals surface area contributed by atoms with Crippen molar-refractivity contribution in [3.05, 3.63) is 0 Å². The molecule has 0 unspecified atom stereocenters. The Hall–Kier alpha value is -1.59. The number of amides is 4. The number of urea groups is 1. The molecule has 6 heteroatoms. The lowest BCUT2D eigenvalue weighted by molar-refractivity contribution is -0.137. The van der Waals surface area contributed by atoms with Crippen LogP contribution in [-0.2, 0) is 9.59 Å². The molecule has 1 saturated heterocycles. The molecule has 0 aromatic carbocycles. The summed E-state index contributed by atoms with van der Waals surface area (Å²) in [6, 6.07) is -0.254. The first-order chi connectivity index (χ1) is 11.4. The minimum Gasteiger partial charge on any atom is -0.352 e. The van der Waals surface area contributed by atoms with Crippen LogP contribution in [-0.4, -0.2) is 40.9 Å². The molecule has 6 nitrogen and oxygen atoms in total. The van der Waals surface area contributed by atoms with Gasteiger partial charge in [-0.05, 0) is 37.5 Å². The fourth-order valence-electron chi connectivity index (χ4n) is 4.57. The number of nitrogens with one attached hydrogen (secondary N) is 2. The van der Waals surface area contributed by atoms with Crippen molar-refractivity contribution in [1.29, 1.82) is 0 Å². The standard InChI is InChI=1S/C18H29N3O3/c1-12-7-3-4-9-14(12)19-15(22)11-21-16(23)18(20-17(21)24)10-6-5-8-13(18)2/h12-14H,3-11H2,1-2H3,(H,19,22)(H,20,24)/t12-,13+,14+,18-/m1/s1. The van der Waals surface area contributed by atoms with Crippen molar-refractivity contribution in [2.45, 2.75) is 76.8 Å². The summed E-state index contributed by atoms with van der Waals surface area (Å²) in [4.78, 5) is 38.7. The Labute approximate surface area is 143 Å². The molecule has 3 rings (SSSR count). The summed E-state index contributed by atoms with van der Waals surface area (Å²) in [6.07, 6.45) is 8.08. The Kier molecular flexibility index (Phi) is 4.83. The number of hydrogen-bond acceptors (Lipinski definition) is 3. The molecule has 1 spiro atoms. The molecule has 0 aromatic heterocycles. The van der Waals surface area contributed by atoms with Gasteiger partial charge in [0, 0.05) is 6.04 Å². The van der Waals surface area contributed by atoms with Gasteiger partial charge in [0.25, 0.3) is 5.91 Å². The van der Waals surface area contributed by atoms with E-state index in [1.807, 2.05) is 6.92 Å². The average Bonchev–Trinajstić information content (AvgIpc) is 2.78. The highest BCUT2D eigenvalue weighted by atomic mass is 16.2. The van der Waals surface area contributed by atoms with Crippen molar-refractivity contribution in [2.24, 2.45) is 11.8 Å². The van der Waals surface area contributed by atoms with Crippen LogP contribution in [0.5, 0.6) is 0 Å². The molecule has 1 heterocycles. The van der Waals surface area contributed by atoms with Gasteiger partial charge in [-0.15, -0.1) is 0 Å². The van der Waals surface area contributed by atoms with E-state index in [1.54, 1.807) is 0 Å². The molecular formula is C18H29N3O3. The maximum atomic E-state index is 12.9. The number of rotatable bonds is 3. The van der Waals surface area contributed by atoms with E-state index >= 15 is 0 Å². The molecule has 3 aliphatic rings. The molecule has 2 saturated carbocycles. The van der Waals surface area contributed by atoms with E-state index in [2.05, 4.69) is 17.6 Å².